The van der Waals surface area contributed by atoms with Crippen molar-refractivity contribution in [1.29, 1.82) is 0 Å². The first kappa shape index (κ1) is 15.1. The molecule has 0 aliphatic carbocycles. The molecule has 0 spiro atoms. The quantitative estimate of drug-likeness (QED) is 0.689. The standard InChI is InChI=1S/C13H9ClN2O4S/c14-8-4-6-9(7-5-8)21(20)12-10(13(15)17)2-1-3-11(12)16(18)19/h1-7H,(H2,15,17). The zero-order valence-corrected chi connectivity index (χ0v) is 12.1. The molecule has 0 saturated carbocycles. The molecule has 21 heavy (non-hydrogen) atoms. The Bertz CT molecular complexity index is 714. The Morgan fingerprint density at radius 3 is 2.33 bits per heavy atom. The molecular weight excluding hydrogens is 316 g/mol. The van der Waals surface area contributed by atoms with Gasteiger partial charge in [0.2, 0.25) is 5.91 Å². The maximum absolute atomic E-state index is 12.6. The lowest BCUT2D eigenvalue weighted by Crippen LogP contribution is -2.15. The fourth-order valence-electron chi connectivity index (χ4n) is 1.73. The molecule has 0 aliphatic heterocycles. The Morgan fingerprint density at radius 2 is 1.81 bits per heavy atom. The minimum Gasteiger partial charge on any atom is -0.366 e. The number of benzene rings is 2. The van der Waals surface area contributed by atoms with Crippen LogP contribution < -0.4 is 5.73 Å². The average Bonchev–Trinajstić information content (AvgIpc) is 2.46. The first-order valence-electron chi connectivity index (χ1n) is 5.66. The second kappa shape index (κ2) is 6.02. The third-order valence-electron chi connectivity index (χ3n) is 2.67. The lowest BCUT2D eigenvalue weighted by molar-refractivity contribution is -0.387. The maximum atomic E-state index is 12.6. The summed E-state index contributed by atoms with van der Waals surface area (Å²) in [7, 11) is -1.92. The molecule has 0 aliphatic rings. The van der Waals surface area contributed by atoms with Crippen molar-refractivity contribution in [3.05, 3.63) is 63.2 Å². The number of carbonyl (C=O) groups excluding carboxylic acids is 1. The first-order chi connectivity index (χ1) is 9.91. The van der Waals surface area contributed by atoms with Gasteiger partial charge in [-0.25, -0.2) is 4.21 Å². The van der Waals surface area contributed by atoms with Gasteiger partial charge in [-0.15, -0.1) is 0 Å². The summed E-state index contributed by atoms with van der Waals surface area (Å²) in [5.41, 5.74) is 4.65. The van der Waals surface area contributed by atoms with Crippen molar-refractivity contribution in [2.75, 3.05) is 0 Å². The number of carbonyl (C=O) groups is 1. The molecule has 0 radical (unpaired) electrons. The summed E-state index contributed by atoms with van der Waals surface area (Å²) in [6, 6.07) is 9.76. The van der Waals surface area contributed by atoms with Gasteiger partial charge in [-0.05, 0) is 30.3 Å². The van der Waals surface area contributed by atoms with Crippen LogP contribution in [0.5, 0.6) is 0 Å². The zero-order valence-electron chi connectivity index (χ0n) is 10.5. The summed E-state index contributed by atoms with van der Waals surface area (Å²) in [5.74, 6) is -0.879. The third kappa shape index (κ3) is 3.09. The highest BCUT2D eigenvalue weighted by Crippen LogP contribution is 2.29. The van der Waals surface area contributed by atoms with Crippen LogP contribution in [0.1, 0.15) is 10.4 Å². The van der Waals surface area contributed by atoms with Crippen molar-refractivity contribution in [3.63, 3.8) is 0 Å². The molecule has 6 nitrogen and oxygen atoms in total. The normalized spacial score (nSPS) is 11.9. The second-order valence-electron chi connectivity index (χ2n) is 4.00. The number of nitro benzene ring substituents is 1. The van der Waals surface area contributed by atoms with Crippen LogP contribution in [0.4, 0.5) is 5.69 Å². The zero-order chi connectivity index (χ0) is 15.6. The molecule has 0 aromatic heterocycles. The Kier molecular flexibility index (Phi) is 4.35. The van der Waals surface area contributed by atoms with E-state index in [-0.39, 0.29) is 15.4 Å². The van der Waals surface area contributed by atoms with Crippen molar-refractivity contribution in [3.8, 4) is 0 Å². The number of nitro groups is 1. The summed E-state index contributed by atoms with van der Waals surface area (Å²) in [5, 5.41) is 11.5. The number of hydrogen-bond donors (Lipinski definition) is 1. The highest BCUT2D eigenvalue weighted by Gasteiger charge is 2.26. The van der Waals surface area contributed by atoms with E-state index in [0.29, 0.717) is 5.02 Å². The number of primary amides is 1. The van der Waals surface area contributed by atoms with Crippen LogP contribution in [-0.2, 0) is 10.8 Å². The van der Waals surface area contributed by atoms with E-state index in [9.17, 15) is 19.1 Å². The highest BCUT2D eigenvalue weighted by atomic mass is 35.5. The van der Waals surface area contributed by atoms with Crippen molar-refractivity contribution < 1.29 is 13.9 Å². The van der Waals surface area contributed by atoms with Gasteiger partial charge in [0.15, 0.2) is 0 Å². The van der Waals surface area contributed by atoms with Crippen molar-refractivity contribution in [1.82, 2.24) is 0 Å². The highest BCUT2D eigenvalue weighted by molar-refractivity contribution is 7.85. The molecular formula is C13H9ClN2O4S. The van der Waals surface area contributed by atoms with Crippen molar-refractivity contribution in [2.45, 2.75) is 9.79 Å². The molecule has 1 amide bonds. The minimum atomic E-state index is -1.92. The fraction of sp³-hybridized carbons (Fsp3) is 0. The molecule has 0 heterocycles. The molecule has 108 valence electrons. The Hall–Kier alpha value is -2.25. The second-order valence-corrected chi connectivity index (χ2v) is 5.85. The van der Waals surface area contributed by atoms with Crippen molar-refractivity contribution >= 4 is 34.0 Å². The number of nitrogens with two attached hydrogens (primary N) is 1. The van der Waals surface area contributed by atoms with Crippen LogP contribution in [0.2, 0.25) is 5.02 Å². The van der Waals surface area contributed by atoms with Gasteiger partial charge in [-0.3, -0.25) is 14.9 Å². The van der Waals surface area contributed by atoms with E-state index in [2.05, 4.69) is 0 Å². The summed E-state index contributed by atoms with van der Waals surface area (Å²) >= 11 is 5.74. The third-order valence-corrected chi connectivity index (χ3v) is 4.42. The molecule has 8 heteroatoms. The smallest absolute Gasteiger partial charge is 0.286 e. The Morgan fingerprint density at radius 1 is 1.19 bits per heavy atom. The number of halogens is 1. The van der Waals surface area contributed by atoms with Crippen LogP contribution in [0, 0.1) is 10.1 Å². The number of nitrogens with zero attached hydrogens (tertiary/aromatic N) is 1. The van der Waals surface area contributed by atoms with E-state index in [1.54, 1.807) is 0 Å². The van der Waals surface area contributed by atoms with E-state index in [0.717, 1.165) is 0 Å². The molecule has 2 aromatic carbocycles. The monoisotopic (exact) mass is 324 g/mol. The van der Waals surface area contributed by atoms with E-state index < -0.39 is 27.3 Å². The van der Waals surface area contributed by atoms with E-state index >= 15 is 0 Å². The number of amides is 1. The molecule has 0 saturated heterocycles. The molecule has 1 atom stereocenters. The SMILES string of the molecule is NC(=O)c1cccc([N+](=O)[O-])c1S(=O)c1ccc(Cl)cc1. The van der Waals surface area contributed by atoms with Gasteiger partial charge in [-0.2, -0.15) is 0 Å². The molecule has 0 fully saturated rings. The van der Waals surface area contributed by atoms with E-state index in [1.807, 2.05) is 0 Å². The number of rotatable bonds is 4. The predicted molar refractivity (Wildman–Crippen MR) is 77.7 cm³/mol. The van der Waals surface area contributed by atoms with Crippen LogP contribution >= 0.6 is 11.6 Å². The summed E-state index contributed by atoms with van der Waals surface area (Å²) < 4.78 is 12.6. The lowest BCUT2D eigenvalue weighted by Gasteiger charge is -2.07. The van der Waals surface area contributed by atoms with Gasteiger partial charge in [0.1, 0.15) is 4.90 Å². The van der Waals surface area contributed by atoms with E-state index in [4.69, 9.17) is 17.3 Å². The molecule has 2 N–H and O–H groups in total. The van der Waals surface area contributed by atoms with Gasteiger partial charge in [0.25, 0.3) is 5.69 Å². The summed E-state index contributed by atoms with van der Waals surface area (Å²) in [6.45, 7) is 0. The molecule has 2 rings (SSSR count). The topological polar surface area (TPSA) is 103 Å². The summed E-state index contributed by atoms with van der Waals surface area (Å²) in [4.78, 5) is 21.9. The van der Waals surface area contributed by atoms with Gasteiger partial charge < -0.3 is 5.73 Å². The predicted octanol–water partition coefficient (Wildman–Crippen LogP) is 2.51. The Balaban J connectivity index is 2.65. The maximum Gasteiger partial charge on any atom is 0.286 e. The van der Waals surface area contributed by atoms with Crippen LogP contribution in [0.15, 0.2) is 52.3 Å². The number of hydrogen-bond acceptors (Lipinski definition) is 4. The molecule has 0 bridgehead atoms. The van der Waals surface area contributed by atoms with Gasteiger partial charge in [-0.1, -0.05) is 17.7 Å². The lowest BCUT2D eigenvalue weighted by atomic mass is 10.2. The van der Waals surface area contributed by atoms with Crippen LogP contribution in [0.3, 0.4) is 0 Å². The van der Waals surface area contributed by atoms with Crippen LogP contribution in [-0.4, -0.2) is 15.0 Å². The molecule has 1 unspecified atom stereocenters. The largest absolute Gasteiger partial charge is 0.366 e. The van der Waals surface area contributed by atoms with Gasteiger partial charge >= 0.3 is 0 Å². The Labute approximate surface area is 127 Å². The fourth-order valence-corrected chi connectivity index (χ4v) is 3.18. The first-order valence-corrected chi connectivity index (χ1v) is 7.19. The van der Waals surface area contributed by atoms with E-state index in [1.165, 1.54) is 42.5 Å². The summed E-state index contributed by atoms with van der Waals surface area (Å²) in [6.07, 6.45) is 0. The molecule has 2 aromatic rings. The van der Waals surface area contributed by atoms with Gasteiger partial charge in [0, 0.05) is 16.0 Å². The van der Waals surface area contributed by atoms with Gasteiger partial charge in [0.05, 0.1) is 21.3 Å². The minimum absolute atomic E-state index is 0.141. The van der Waals surface area contributed by atoms with Crippen LogP contribution in [0.25, 0.3) is 0 Å². The average molecular weight is 325 g/mol. The van der Waals surface area contributed by atoms with Crippen molar-refractivity contribution in [2.24, 2.45) is 5.73 Å².